The van der Waals surface area contributed by atoms with Crippen molar-refractivity contribution < 1.29 is 13.2 Å². The fourth-order valence-electron chi connectivity index (χ4n) is 2.38. The van der Waals surface area contributed by atoms with Crippen molar-refractivity contribution in [1.29, 1.82) is 0 Å². The molecule has 0 saturated carbocycles. The van der Waals surface area contributed by atoms with E-state index < -0.39 is 11.7 Å². The van der Waals surface area contributed by atoms with Gasteiger partial charge >= 0.3 is 6.18 Å². The molecule has 2 nitrogen and oxygen atoms in total. The molecule has 112 valence electrons. The molecule has 20 heavy (non-hydrogen) atoms. The Balaban J connectivity index is 1.96. The van der Waals surface area contributed by atoms with E-state index in [4.69, 9.17) is 11.6 Å². The van der Waals surface area contributed by atoms with Crippen molar-refractivity contribution in [3.63, 3.8) is 0 Å². The maximum Gasteiger partial charge on any atom is 0.417 e. The van der Waals surface area contributed by atoms with Crippen molar-refractivity contribution >= 4 is 17.3 Å². The summed E-state index contributed by atoms with van der Waals surface area (Å²) < 4.78 is 38.2. The van der Waals surface area contributed by atoms with Gasteiger partial charge in [0.25, 0.3) is 0 Å². The van der Waals surface area contributed by atoms with Gasteiger partial charge in [0, 0.05) is 12.2 Å². The first-order chi connectivity index (χ1) is 9.36. The summed E-state index contributed by atoms with van der Waals surface area (Å²) in [6, 6.07) is 3.96. The molecule has 1 aromatic carbocycles. The van der Waals surface area contributed by atoms with Gasteiger partial charge in [-0.05, 0) is 57.1 Å². The lowest BCUT2D eigenvalue weighted by molar-refractivity contribution is -0.137. The molecule has 1 aromatic rings. The van der Waals surface area contributed by atoms with Crippen molar-refractivity contribution in [2.75, 3.05) is 32.0 Å². The minimum Gasteiger partial charge on any atom is -0.385 e. The molecule has 0 aliphatic carbocycles. The third-order valence-corrected chi connectivity index (χ3v) is 4.03. The quantitative estimate of drug-likeness (QED) is 0.904. The Morgan fingerprint density at radius 2 is 1.95 bits per heavy atom. The van der Waals surface area contributed by atoms with Crippen LogP contribution in [0, 0.1) is 5.92 Å². The molecular formula is C14H18ClF3N2. The smallest absolute Gasteiger partial charge is 0.385 e. The number of piperidine rings is 1. The molecule has 1 aliphatic heterocycles. The Hall–Kier alpha value is -0.940. The van der Waals surface area contributed by atoms with Gasteiger partial charge in [-0.3, -0.25) is 0 Å². The zero-order valence-electron chi connectivity index (χ0n) is 11.3. The molecule has 6 heteroatoms. The number of anilines is 1. The van der Waals surface area contributed by atoms with Gasteiger partial charge in [0.15, 0.2) is 0 Å². The first-order valence-corrected chi connectivity index (χ1v) is 7.03. The summed E-state index contributed by atoms with van der Waals surface area (Å²) in [7, 11) is 2.08. The normalized spacial score (nSPS) is 18.2. The molecule has 0 radical (unpaired) electrons. The second-order valence-electron chi connectivity index (χ2n) is 5.32. The minimum absolute atomic E-state index is 0.262. The zero-order chi connectivity index (χ0) is 14.8. The Morgan fingerprint density at radius 1 is 1.30 bits per heavy atom. The van der Waals surface area contributed by atoms with Crippen LogP contribution in [0.15, 0.2) is 18.2 Å². The van der Waals surface area contributed by atoms with E-state index in [2.05, 4.69) is 17.3 Å². The number of rotatable bonds is 3. The monoisotopic (exact) mass is 306 g/mol. The van der Waals surface area contributed by atoms with E-state index in [0.717, 1.165) is 32.0 Å². The van der Waals surface area contributed by atoms with Gasteiger partial charge in [-0.15, -0.1) is 0 Å². The average molecular weight is 307 g/mol. The molecule has 1 heterocycles. The third-order valence-electron chi connectivity index (χ3n) is 3.70. The van der Waals surface area contributed by atoms with E-state index in [1.807, 2.05) is 0 Å². The van der Waals surface area contributed by atoms with Crippen LogP contribution in [0.5, 0.6) is 0 Å². The maximum absolute atomic E-state index is 12.7. The molecule has 1 N–H and O–H groups in total. The summed E-state index contributed by atoms with van der Waals surface area (Å²) in [6.45, 7) is 2.79. The number of likely N-dealkylation sites (tertiary alicyclic amines) is 1. The van der Waals surface area contributed by atoms with E-state index in [1.165, 1.54) is 6.07 Å². The van der Waals surface area contributed by atoms with Crippen LogP contribution < -0.4 is 5.32 Å². The molecule has 0 aromatic heterocycles. The first kappa shape index (κ1) is 15.4. The first-order valence-electron chi connectivity index (χ1n) is 6.65. The highest BCUT2D eigenvalue weighted by molar-refractivity contribution is 6.31. The van der Waals surface area contributed by atoms with Gasteiger partial charge in [-0.1, -0.05) is 11.6 Å². The second kappa shape index (κ2) is 6.22. The Morgan fingerprint density at radius 3 is 2.55 bits per heavy atom. The van der Waals surface area contributed by atoms with Gasteiger partial charge in [-0.25, -0.2) is 0 Å². The van der Waals surface area contributed by atoms with Crippen molar-refractivity contribution in [2.24, 2.45) is 5.92 Å². The SMILES string of the molecule is CN1CCC(CNc2ccc(Cl)c(C(F)(F)F)c2)CC1. The van der Waals surface area contributed by atoms with Crippen LogP contribution in [-0.4, -0.2) is 31.6 Å². The molecule has 0 bridgehead atoms. The number of halogens is 4. The van der Waals surface area contributed by atoms with Crippen molar-refractivity contribution in [1.82, 2.24) is 4.90 Å². The van der Waals surface area contributed by atoms with Gasteiger partial charge in [0.2, 0.25) is 0 Å². The predicted octanol–water partition coefficient (Wildman–Crippen LogP) is 4.11. The van der Waals surface area contributed by atoms with Crippen molar-refractivity contribution in [2.45, 2.75) is 19.0 Å². The summed E-state index contributed by atoms with van der Waals surface area (Å²) in [4.78, 5) is 2.26. The van der Waals surface area contributed by atoms with Crippen LogP contribution in [0.25, 0.3) is 0 Å². The lowest BCUT2D eigenvalue weighted by atomic mass is 9.97. The van der Waals surface area contributed by atoms with Gasteiger partial charge < -0.3 is 10.2 Å². The van der Waals surface area contributed by atoms with E-state index in [-0.39, 0.29) is 5.02 Å². The number of hydrogen-bond acceptors (Lipinski definition) is 2. The summed E-state index contributed by atoms with van der Waals surface area (Å²) in [5, 5.41) is 2.83. The fourth-order valence-corrected chi connectivity index (χ4v) is 2.61. The highest BCUT2D eigenvalue weighted by atomic mass is 35.5. The number of nitrogens with one attached hydrogen (secondary N) is 1. The van der Waals surface area contributed by atoms with Crippen LogP contribution >= 0.6 is 11.6 Å². The molecule has 0 spiro atoms. The van der Waals surface area contributed by atoms with Gasteiger partial charge in [-0.2, -0.15) is 13.2 Å². The number of hydrogen-bond donors (Lipinski definition) is 1. The summed E-state index contributed by atoms with van der Waals surface area (Å²) in [5.41, 5.74) is -0.312. The molecular weight excluding hydrogens is 289 g/mol. The molecule has 2 rings (SSSR count). The zero-order valence-corrected chi connectivity index (χ0v) is 12.1. The van der Waals surface area contributed by atoms with Crippen LogP contribution in [0.1, 0.15) is 18.4 Å². The van der Waals surface area contributed by atoms with Crippen LogP contribution in [0.2, 0.25) is 5.02 Å². The number of nitrogens with zero attached hydrogens (tertiary/aromatic N) is 1. The molecule has 0 amide bonds. The van der Waals surface area contributed by atoms with E-state index in [9.17, 15) is 13.2 Å². The lowest BCUT2D eigenvalue weighted by Gasteiger charge is -2.29. The maximum atomic E-state index is 12.7. The minimum atomic E-state index is -4.41. The summed E-state index contributed by atoms with van der Waals surface area (Å²) >= 11 is 5.59. The molecule has 0 atom stereocenters. The van der Waals surface area contributed by atoms with Crippen LogP contribution in [0.4, 0.5) is 18.9 Å². The summed E-state index contributed by atoms with van der Waals surface area (Å²) in [5.74, 6) is 0.510. The largest absolute Gasteiger partial charge is 0.417 e. The molecule has 1 aliphatic rings. The van der Waals surface area contributed by atoms with Crippen molar-refractivity contribution in [3.8, 4) is 0 Å². The third kappa shape index (κ3) is 4.03. The Bertz CT molecular complexity index is 454. The topological polar surface area (TPSA) is 15.3 Å². The van der Waals surface area contributed by atoms with Crippen molar-refractivity contribution in [3.05, 3.63) is 28.8 Å². The van der Waals surface area contributed by atoms with Crippen LogP contribution in [0.3, 0.4) is 0 Å². The standard InChI is InChI=1S/C14H18ClF3N2/c1-20-6-4-10(5-7-20)9-19-11-2-3-13(15)12(8-11)14(16,17)18/h2-3,8,10,19H,4-7,9H2,1H3. The molecule has 1 saturated heterocycles. The van der Waals surface area contributed by atoms with E-state index in [1.54, 1.807) is 6.07 Å². The van der Waals surface area contributed by atoms with Gasteiger partial charge in [0.1, 0.15) is 0 Å². The van der Waals surface area contributed by atoms with Gasteiger partial charge in [0.05, 0.1) is 10.6 Å². The fraction of sp³-hybridized carbons (Fsp3) is 0.571. The highest BCUT2D eigenvalue weighted by Gasteiger charge is 2.33. The number of benzene rings is 1. The van der Waals surface area contributed by atoms with Crippen LogP contribution in [-0.2, 0) is 6.18 Å². The average Bonchev–Trinajstić information content (AvgIpc) is 2.38. The molecule has 0 unspecified atom stereocenters. The van der Waals surface area contributed by atoms with E-state index in [0.29, 0.717) is 18.2 Å². The Kier molecular flexibility index (Phi) is 4.81. The summed E-state index contributed by atoms with van der Waals surface area (Å²) in [6.07, 6.45) is -2.27. The number of alkyl halides is 3. The lowest BCUT2D eigenvalue weighted by Crippen LogP contribution is -2.32. The Labute approximate surface area is 121 Å². The molecule has 1 fully saturated rings. The second-order valence-corrected chi connectivity index (χ2v) is 5.73. The highest BCUT2D eigenvalue weighted by Crippen LogP contribution is 2.36. The predicted molar refractivity (Wildman–Crippen MR) is 75.2 cm³/mol. The van der Waals surface area contributed by atoms with E-state index >= 15 is 0 Å².